The normalized spacial score (nSPS) is 11.1. The molecule has 0 bridgehead atoms. The largest absolute Gasteiger partial charge is 0.290 e. The average molecular weight is 280 g/mol. The molecule has 0 spiro atoms. The molecule has 1 aromatic carbocycles. The Balaban J connectivity index is 1.99. The zero-order valence-corrected chi connectivity index (χ0v) is 10.8. The highest BCUT2D eigenvalue weighted by atomic mass is 19.1. The van der Waals surface area contributed by atoms with Crippen molar-refractivity contribution in [2.45, 2.75) is 0 Å². The molecule has 7 heteroatoms. The van der Waals surface area contributed by atoms with E-state index in [9.17, 15) is 4.39 Å². The SMILES string of the molecule is Fc1ccccc1-n1ncc2c(-n3ccnc3)ncnc21. The molecule has 0 N–H and O–H groups in total. The molecular formula is C14H9FN6. The summed E-state index contributed by atoms with van der Waals surface area (Å²) >= 11 is 0. The van der Waals surface area contributed by atoms with Gasteiger partial charge >= 0.3 is 0 Å². The van der Waals surface area contributed by atoms with Crippen LogP contribution in [0, 0.1) is 5.82 Å². The molecule has 3 heterocycles. The van der Waals surface area contributed by atoms with Gasteiger partial charge in [-0.1, -0.05) is 12.1 Å². The molecule has 0 amide bonds. The van der Waals surface area contributed by atoms with E-state index in [0.717, 1.165) is 5.39 Å². The number of hydrogen-bond donors (Lipinski definition) is 0. The molecule has 0 aliphatic rings. The second kappa shape index (κ2) is 4.48. The van der Waals surface area contributed by atoms with Crippen LogP contribution in [0.25, 0.3) is 22.5 Å². The van der Waals surface area contributed by atoms with E-state index in [2.05, 4.69) is 20.1 Å². The van der Waals surface area contributed by atoms with E-state index in [1.165, 1.54) is 17.1 Å². The molecule has 0 aliphatic carbocycles. The number of aromatic nitrogens is 6. The van der Waals surface area contributed by atoms with E-state index in [0.29, 0.717) is 17.2 Å². The third-order valence-corrected chi connectivity index (χ3v) is 3.17. The standard InChI is InChI=1S/C14H9FN6/c15-11-3-1-2-4-12(11)21-14-10(7-19-21)13(17-8-18-14)20-6-5-16-9-20/h1-9H. The number of fused-ring (bicyclic) bond motifs is 1. The summed E-state index contributed by atoms with van der Waals surface area (Å²) in [6, 6.07) is 6.43. The van der Waals surface area contributed by atoms with Crippen molar-refractivity contribution in [2.75, 3.05) is 0 Å². The lowest BCUT2D eigenvalue weighted by Gasteiger charge is -2.05. The third kappa shape index (κ3) is 1.78. The zero-order valence-electron chi connectivity index (χ0n) is 10.8. The molecule has 0 aliphatic heterocycles. The summed E-state index contributed by atoms with van der Waals surface area (Å²) in [7, 11) is 0. The fraction of sp³-hybridized carbons (Fsp3) is 0. The average Bonchev–Trinajstić information content (AvgIpc) is 3.17. The van der Waals surface area contributed by atoms with Gasteiger partial charge in [-0.15, -0.1) is 0 Å². The Hall–Kier alpha value is -3.09. The summed E-state index contributed by atoms with van der Waals surface area (Å²) in [6.07, 6.45) is 8.13. The van der Waals surface area contributed by atoms with Crippen molar-refractivity contribution in [3.05, 3.63) is 61.3 Å². The first-order valence-corrected chi connectivity index (χ1v) is 6.26. The van der Waals surface area contributed by atoms with Crippen LogP contribution < -0.4 is 0 Å². The molecule has 6 nitrogen and oxygen atoms in total. The van der Waals surface area contributed by atoms with Crippen molar-refractivity contribution in [1.82, 2.24) is 29.3 Å². The molecule has 3 aromatic heterocycles. The van der Waals surface area contributed by atoms with Gasteiger partial charge < -0.3 is 0 Å². The number of hydrogen-bond acceptors (Lipinski definition) is 4. The summed E-state index contributed by atoms with van der Waals surface area (Å²) in [5.74, 6) is 0.297. The Bertz CT molecular complexity index is 912. The lowest BCUT2D eigenvalue weighted by atomic mass is 10.3. The third-order valence-electron chi connectivity index (χ3n) is 3.17. The number of benzene rings is 1. The first-order valence-electron chi connectivity index (χ1n) is 6.26. The summed E-state index contributed by atoms with van der Waals surface area (Å²) in [4.78, 5) is 12.5. The van der Waals surface area contributed by atoms with Gasteiger partial charge in [0.25, 0.3) is 0 Å². The van der Waals surface area contributed by atoms with Gasteiger partial charge in [0, 0.05) is 12.4 Å². The first kappa shape index (κ1) is 11.7. The van der Waals surface area contributed by atoms with Crippen LogP contribution in [0.3, 0.4) is 0 Å². The summed E-state index contributed by atoms with van der Waals surface area (Å²) in [5.41, 5.74) is 0.890. The van der Waals surface area contributed by atoms with Crippen LogP contribution in [-0.2, 0) is 0 Å². The Morgan fingerprint density at radius 1 is 1.10 bits per heavy atom. The van der Waals surface area contributed by atoms with Crippen LogP contribution in [-0.4, -0.2) is 29.3 Å². The van der Waals surface area contributed by atoms with Gasteiger partial charge in [-0.2, -0.15) is 5.10 Å². The number of imidazole rings is 1. The van der Waals surface area contributed by atoms with Crippen LogP contribution in [0.1, 0.15) is 0 Å². The van der Waals surface area contributed by atoms with E-state index < -0.39 is 0 Å². The Labute approximate surface area is 118 Å². The lowest BCUT2D eigenvalue weighted by molar-refractivity contribution is 0.612. The Morgan fingerprint density at radius 3 is 2.81 bits per heavy atom. The molecule has 0 atom stereocenters. The highest BCUT2D eigenvalue weighted by Crippen LogP contribution is 2.21. The molecule has 0 radical (unpaired) electrons. The fourth-order valence-electron chi connectivity index (χ4n) is 2.22. The van der Waals surface area contributed by atoms with Crippen molar-refractivity contribution < 1.29 is 4.39 Å². The molecule has 102 valence electrons. The zero-order chi connectivity index (χ0) is 14.2. The summed E-state index contributed by atoms with van der Waals surface area (Å²) < 4.78 is 17.2. The van der Waals surface area contributed by atoms with Gasteiger partial charge in [-0.05, 0) is 12.1 Å². The fourth-order valence-corrected chi connectivity index (χ4v) is 2.22. The van der Waals surface area contributed by atoms with E-state index >= 15 is 0 Å². The summed E-state index contributed by atoms with van der Waals surface area (Å²) in [5, 5.41) is 4.96. The second-order valence-electron chi connectivity index (χ2n) is 4.41. The van der Waals surface area contributed by atoms with Gasteiger partial charge in [-0.25, -0.2) is 24.0 Å². The molecule has 0 unspecified atom stereocenters. The summed E-state index contributed by atoms with van der Waals surface area (Å²) in [6.45, 7) is 0. The highest BCUT2D eigenvalue weighted by Gasteiger charge is 2.14. The Kier molecular flexibility index (Phi) is 2.50. The lowest BCUT2D eigenvalue weighted by Crippen LogP contribution is -2.02. The van der Waals surface area contributed by atoms with E-state index in [4.69, 9.17) is 0 Å². The minimum atomic E-state index is -0.356. The first-order chi connectivity index (χ1) is 10.3. The van der Waals surface area contributed by atoms with Gasteiger partial charge in [0.15, 0.2) is 11.5 Å². The van der Waals surface area contributed by atoms with Crippen molar-refractivity contribution in [1.29, 1.82) is 0 Å². The van der Waals surface area contributed by atoms with Crippen molar-refractivity contribution in [2.24, 2.45) is 0 Å². The Morgan fingerprint density at radius 2 is 2.00 bits per heavy atom. The van der Waals surface area contributed by atoms with Crippen LogP contribution in [0.4, 0.5) is 4.39 Å². The smallest absolute Gasteiger partial charge is 0.168 e. The maximum Gasteiger partial charge on any atom is 0.168 e. The number of para-hydroxylation sites is 1. The van der Waals surface area contributed by atoms with E-state index in [1.807, 2.05) is 0 Å². The van der Waals surface area contributed by atoms with Gasteiger partial charge in [0.1, 0.15) is 24.2 Å². The molecule has 4 rings (SSSR count). The van der Waals surface area contributed by atoms with Gasteiger partial charge in [0.2, 0.25) is 0 Å². The van der Waals surface area contributed by atoms with Crippen LogP contribution in [0.15, 0.2) is 55.5 Å². The number of rotatable bonds is 2. The highest BCUT2D eigenvalue weighted by molar-refractivity contribution is 5.83. The van der Waals surface area contributed by atoms with E-state index in [1.54, 1.807) is 47.7 Å². The second-order valence-corrected chi connectivity index (χ2v) is 4.41. The minimum absolute atomic E-state index is 0.350. The molecule has 0 fully saturated rings. The topological polar surface area (TPSA) is 61.4 Å². The van der Waals surface area contributed by atoms with Crippen molar-refractivity contribution in [3.8, 4) is 11.5 Å². The number of nitrogens with zero attached hydrogens (tertiary/aromatic N) is 6. The van der Waals surface area contributed by atoms with Crippen LogP contribution in [0.5, 0.6) is 0 Å². The van der Waals surface area contributed by atoms with Crippen molar-refractivity contribution >= 4 is 11.0 Å². The predicted molar refractivity (Wildman–Crippen MR) is 73.7 cm³/mol. The number of halogens is 1. The molecule has 0 saturated carbocycles. The van der Waals surface area contributed by atoms with Gasteiger partial charge in [-0.3, -0.25) is 4.57 Å². The minimum Gasteiger partial charge on any atom is -0.290 e. The van der Waals surface area contributed by atoms with Crippen molar-refractivity contribution in [3.63, 3.8) is 0 Å². The predicted octanol–water partition coefficient (Wildman–Crippen LogP) is 2.14. The maximum absolute atomic E-state index is 13.9. The molecule has 4 aromatic rings. The molecule has 21 heavy (non-hydrogen) atoms. The van der Waals surface area contributed by atoms with Crippen LogP contribution >= 0.6 is 0 Å². The maximum atomic E-state index is 13.9. The van der Waals surface area contributed by atoms with E-state index in [-0.39, 0.29) is 5.82 Å². The van der Waals surface area contributed by atoms with Gasteiger partial charge in [0.05, 0.1) is 11.6 Å². The molecular weight excluding hydrogens is 271 g/mol. The quantitative estimate of drug-likeness (QED) is 0.564. The monoisotopic (exact) mass is 280 g/mol. The molecule has 0 saturated heterocycles. The van der Waals surface area contributed by atoms with Crippen LogP contribution in [0.2, 0.25) is 0 Å².